The van der Waals surface area contributed by atoms with Crippen LogP contribution in [0.2, 0.25) is 28.2 Å². The van der Waals surface area contributed by atoms with E-state index in [1.807, 2.05) is 24.3 Å². The first-order valence-electron chi connectivity index (χ1n) is 12.1. The molecule has 8 nitrogen and oxygen atoms in total. The largest absolute Gasteiger partial charge is 0.380 e. The number of benzene rings is 2. The Morgan fingerprint density at radius 1 is 1.08 bits per heavy atom. The second kappa shape index (κ2) is 9.76. The molecule has 0 bridgehead atoms. The van der Waals surface area contributed by atoms with Crippen LogP contribution in [0.25, 0.3) is 22.0 Å². The summed E-state index contributed by atoms with van der Waals surface area (Å²) in [5.41, 5.74) is 3.24. The molecule has 0 amide bonds. The normalized spacial score (nSPS) is 14.0. The molecule has 0 aliphatic rings. The van der Waals surface area contributed by atoms with Crippen molar-refractivity contribution in [3.8, 4) is 11.1 Å². The van der Waals surface area contributed by atoms with E-state index in [1.54, 1.807) is 23.9 Å². The zero-order chi connectivity index (χ0) is 28.4. The fraction of sp³-hybridized carbons (Fsp3) is 0.385. The fourth-order valence-corrected chi connectivity index (χ4v) is 8.56. The Labute approximate surface area is 235 Å². The molecule has 38 heavy (non-hydrogen) atoms. The van der Waals surface area contributed by atoms with E-state index in [9.17, 15) is 13.5 Å². The van der Waals surface area contributed by atoms with Gasteiger partial charge in [0.1, 0.15) is 25.1 Å². The van der Waals surface area contributed by atoms with Crippen LogP contribution in [0, 0.1) is 0 Å². The highest BCUT2D eigenvalue weighted by Crippen LogP contribution is 2.39. The van der Waals surface area contributed by atoms with E-state index in [-0.39, 0.29) is 10.7 Å². The summed E-state index contributed by atoms with van der Waals surface area (Å²) in [5.74, 6) is 0. The van der Waals surface area contributed by atoms with E-state index in [2.05, 4.69) is 38.8 Å². The number of rotatable bonds is 6. The van der Waals surface area contributed by atoms with Gasteiger partial charge in [-0.3, -0.25) is 4.68 Å². The summed E-state index contributed by atoms with van der Waals surface area (Å²) in [5, 5.41) is 18.0. The van der Waals surface area contributed by atoms with Gasteiger partial charge in [-0.2, -0.15) is 17.8 Å². The number of aryl methyl sites for hydroxylation is 1. The molecule has 0 aliphatic carbocycles. The topological polar surface area (TPSA) is 93.3 Å². The van der Waals surface area contributed by atoms with Crippen molar-refractivity contribution in [3.63, 3.8) is 0 Å². The van der Waals surface area contributed by atoms with Crippen molar-refractivity contribution in [2.45, 2.75) is 45.0 Å². The summed E-state index contributed by atoms with van der Waals surface area (Å²) < 4.78 is 31.2. The Bertz CT molecular complexity index is 1640. The van der Waals surface area contributed by atoms with Crippen LogP contribution in [-0.2, 0) is 17.3 Å². The first kappa shape index (κ1) is 28.8. The molecule has 4 rings (SSSR count). The first-order valence-corrected chi connectivity index (χ1v) is 17.3. The van der Waals surface area contributed by atoms with Gasteiger partial charge >= 0.3 is 10.2 Å². The Kier molecular flexibility index (Phi) is 7.39. The molecule has 0 saturated carbocycles. The number of fused-ring (bicyclic) bond motifs is 1. The second-order valence-corrected chi connectivity index (χ2v) is 19.2. The highest BCUT2D eigenvalue weighted by atomic mass is 35.5. The summed E-state index contributed by atoms with van der Waals surface area (Å²) in [6.07, 6.45) is 0.155. The zero-order valence-corrected chi connectivity index (χ0v) is 26.1. The lowest BCUT2D eigenvalue weighted by Crippen LogP contribution is -2.56. The Morgan fingerprint density at radius 3 is 2.32 bits per heavy atom. The molecule has 1 atom stereocenters. The summed E-state index contributed by atoms with van der Waals surface area (Å²) in [4.78, 5) is 4.63. The number of imidazole rings is 1. The number of halogens is 2. The van der Waals surface area contributed by atoms with Crippen molar-refractivity contribution in [3.05, 3.63) is 64.0 Å². The van der Waals surface area contributed by atoms with Crippen molar-refractivity contribution in [2.24, 2.45) is 7.05 Å². The molecule has 12 heteroatoms. The highest BCUT2D eigenvalue weighted by Gasteiger charge is 2.44. The average molecular weight is 595 g/mol. The van der Waals surface area contributed by atoms with Crippen LogP contribution in [-0.4, -0.2) is 58.7 Å². The van der Waals surface area contributed by atoms with Crippen LogP contribution in [0.3, 0.4) is 0 Å². The molecule has 0 fully saturated rings. The number of hydrogen-bond donors (Lipinski definition) is 1. The molecule has 2 aromatic heterocycles. The minimum absolute atomic E-state index is 0.165. The number of nitrogens with zero attached hydrogens (tertiary/aromatic N) is 5. The number of hydrogen-bond acceptors (Lipinski definition) is 5. The third-order valence-corrected chi connectivity index (χ3v) is 15.2. The molecule has 0 saturated heterocycles. The third-order valence-electron chi connectivity index (χ3n) is 7.54. The van der Waals surface area contributed by atoms with Crippen LogP contribution in [0.5, 0.6) is 0 Å². The van der Waals surface area contributed by atoms with E-state index >= 15 is 0 Å². The SMILES string of the molecule is CN(C)S(=O)(=O)n1c(C(O)c2c3cccc(-c4ccc(Cl)cc4Cl)c3nn2C)cnc1[Si](C)(C)C(C)(C)C. The molecular formula is C26H33Cl2N5O3SSi. The maximum atomic E-state index is 13.6. The lowest BCUT2D eigenvalue weighted by atomic mass is 10.0. The smallest absolute Gasteiger partial charge is 0.308 e. The van der Waals surface area contributed by atoms with Gasteiger partial charge in [-0.25, -0.2) is 8.96 Å². The molecule has 0 aliphatic heterocycles. The van der Waals surface area contributed by atoms with Gasteiger partial charge in [0.05, 0.1) is 17.6 Å². The molecule has 204 valence electrons. The third kappa shape index (κ3) is 4.61. The Morgan fingerprint density at radius 2 is 1.74 bits per heavy atom. The van der Waals surface area contributed by atoms with Gasteiger partial charge in [-0.05, 0) is 17.2 Å². The van der Waals surface area contributed by atoms with Gasteiger partial charge in [0.15, 0.2) is 0 Å². The maximum absolute atomic E-state index is 13.6. The van der Waals surface area contributed by atoms with Crippen LogP contribution >= 0.6 is 23.2 Å². The van der Waals surface area contributed by atoms with Gasteiger partial charge in [0.2, 0.25) is 0 Å². The standard InChI is InChI=1S/C26H33Cl2N5O3SSi/c1-26(2,3)38(7,8)25-29-15-21(33(25)37(35,36)31(4)5)24(34)23-19-11-9-10-18(22(19)30-32(23)6)17-13-12-16(27)14-20(17)28/h9-15,24,34H,1-8H3. The molecule has 0 radical (unpaired) electrons. The molecule has 0 spiro atoms. The molecule has 1 N–H and O–H groups in total. The van der Waals surface area contributed by atoms with E-state index in [0.29, 0.717) is 32.1 Å². The maximum Gasteiger partial charge on any atom is 0.308 e. The zero-order valence-electron chi connectivity index (χ0n) is 22.8. The molecule has 4 aromatic rings. The minimum Gasteiger partial charge on any atom is -0.380 e. The van der Waals surface area contributed by atoms with Gasteiger partial charge < -0.3 is 5.11 Å². The van der Waals surface area contributed by atoms with Crippen LogP contribution in [0.15, 0.2) is 42.6 Å². The lowest BCUT2D eigenvalue weighted by molar-refractivity contribution is 0.205. The van der Waals surface area contributed by atoms with Gasteiger partial charge in [-0.1, -0.05) is 81.3 Å². The lowest BCUT2D eigenvalue weighted by Gasteiger charge is -2.36. The average Bonchev–Trinajstić information content (AvgIpc) is 3.40. The van der Waals surface area contributed by atoms with Crippen LogP contribution in [0.1, 0.15) is 38.3 Å². The van der Waals surface area contributed by atoms with Crippen molar-refractivity contribution < 1.29 is 13.5 Å². The summed E-state index contributed by atoms with van der Waals surface area (Å²) in [6.45, 7) is 10.5. The van der Waals surface area contributed by atoms with Gasteiger partial charge in [0.25, 0.3) is 0 Å². The first-order chi connectivity index (χ1) is 17.5. The quantitative estimate of drug-likeness (QED) is 0.310. The summed E-state index contributed by atoms with van der Waals surface area (Å²) >= 11 is 12.6. The van der Waals surface area contributed by atoms with Crippen LogP contribution < -0.4 is 5.45 Å². The molecule has 2 aromatic carbocycles. The highest BCUT2D eigenvalue weighted by molar-refractivity contribution is 7.87. The Balaban J connectivity index is 1.97. The number of aliphatic hydroxyl groups is 1. The van der Waals surface area contributed by atoms with E-state index in [1.165, 1.54) is 24.3 Å². The fourth-order valence-electron chi connectivity index (χ4n) is 4.32. The van der Waals surface area contributed by atoms with Crippen molar-refractivity contribution >= 4 is 57.8 Å². The van der Waals surface area contributed by atoms with Crippen molar-refractivity contribution in [2.75, 3.05) is 14.1 Å². The molecular weight excluding hydrogens is 561 g/mol. The van der Waals surface area contributed by atoms with Gasteiger partial charge in [-0.15, -0.1) is 0 Å². The number of aliphatic hydroxyl groups excluding tert-OH is 1. The van der Waals surface area contributed by atoms with E-state index in [4.69, 9.17) is 28.3 Å². The minimum atomic E-state index is -4.00. The van der Waals surface area contributed by atoms with Gasteiger partial charge in [0, 0.05) is 47.7 Å². The van der Waals surface area contributed by atoms with E-state index < -0.39 is 24.4 Å². The van der Waals surface area contributed by atoms with E-state index in [0.717, 1.165) is 15.4 Å². The van der Waals surface area contributed by atoms with Crippen LogP contribution in [0.4, 0.5) is 0 Å². The van der Waals surface area contributed by atoms with Crippen molar-refractivity contribution in [1.82, 2.24) is 23.0 Å². The molecule has 1 unspecified atom stereocenters. The monoisotopic (exact) mass is 593 g/mol. The second-order valence-electron chi connectivity index (χ2n) is 11.2. The number of aromatic nitrogens is 4. The molecule has 2 heterocycles. The summed E-state index contributed by atoms with van der Waals surface area (Å²) in [6, 6.07) is 10.9. The predicted octanol–water partition coefficient (Wildman–Crippen LogP) is 5.20. The van der Waals surface area contributed by atoms with Crippen molar-refractivity contribution in [1.29, 1.82) is 0 Å². The predicted molar refractivity (Wildman–Crippen MR) is 157 cm³/mol. The summed E-state index contributed by atoms with van der Waals surface area (Å²) in [7, 11) is -1.76. The Hall–Kier alpha value is -2.21.